The van der Waals surface area contributed by atoms with E-state index in [-0.39, 0.29) is 23.7 Å². The number of anilines is 3. The highest BCUT2D eigenvalue weighted by molar-refractivity contribution is 5.43. The summed E-state index contributed by atoms with van der Waals surface area (Å²) in [4.78, 5) is 13.2. The summed E-state index contributed by atoms with van der Waals surface area (Å²) in [5, 5.41) is 22.2. The number of hydrogen-bond acceptors (Lipinski definition) is 8. The largest absolute Gasteiger partial charge is 0.395 e. The molecule has 140 valence electrons. The van der Waals surface area contributed by atoms with Crippen LogP contribution in [-0.2, 0) is 0 Å². The van der Waals surface area contributed by atoms with Gasteiger partial charge in [0.15, 0.2) is 0 Å². The predicted octanol–water partition coefficient (Wildman–Crippen LogP) is 1.59. The molecule has 0 bridgehead atoms. The number of nitrogens with one attached hydrogen (secondary N) is 4. The molecule has 2 heterocycles. The molecule has 5 N–H and O–H groups in total. The van der Waals surface area contributed by atoms with E-state index in [1.54, 1.807) is 6.08 Å². The maximum absolute atomic E-state index is 9.00. The molecular formula is C17H31N7O. The van der Waals surface area contributed by atoms with Gasteiger partial charge < -0.3 is 26.4 Å². The zero-order chi connectivity index (χ0) is 18.5. The third-order valence-electron chi connectivity index (χ3n) is 3.96. The number of rotatable bonds is 8. The second kappa shape index (κ2) is 7.97. The van der Waals surface area contributed by atoms with Crippen molar-refractivity contribution in [3.63, 3.8) is 0 Å². The molecule has 1 aliphatic rings. The molecule has 1 fully saturated rings. The maximum atomic E-state index is 9.00. The topological polar surface area (TPSA) is 107 Å². The predicted molar refractivity (Wildman–Crippen MR) is 102 cm³/mol. The first-order valence-electron chi connectivity index (χ1n) is 8.74. The first-order chi connectivity index (χ1) is 11.7. The lowest BCUT2D eigenvalue weighted by Gasteiger charge is -2.46. The summed E-state index contributed by atoms with van der Waals surface area (Å²) in [5.41, 5.74) is 0.0721. The molecule has 0 unspecified atom stereocenters. The van der Waals surface area contributed by atoms with Gasteiger partial charge >= 0.3 is 0 Å². The summed E-state index contributed by atoms with van der Waals surface area (Å²) in [5.74, 6) is 1.44. The van der Waals surface area contributed by atoms with E-state index in [1.165, 1.54) is 0 Å². The minimum absolute atomic E-state index is 0.0144. The van der Waals surface area contributed by atoms with Crippen molar-refractivity contribution in [1.29, 1.82) is 0 Å². The smallest absolute Gasteiger partial charge is 0.229 e. The molecule has 8 nitrogen and oxygen atoms in total. The Morgan fingerprint density at radius 1 is 1.08 bits per heavy atom. The van der Waals surface area contributed by atoms with Gasteiger partial charge in [-0.15, -0.1) is 6.58 Å². The van der Waals surface area contributed by atoms with Crippen molar-refractivity contribution in [2.24, 2.45) is 0 Å². The van der Waals surface area contributed by atoms with Crippen LogP contribution in [0.4, 0.5) is 17.8 Å². The highest BCUT2D eigenvalue weighted by Gasteiger charge is 2.37. The zero-order valence-electron chi connectivity index (χ0n) is 15.7. The Kier molecular flexibility index (Phi) is 6.18. The van der Waals surface area contributed by atoms with E-state index in [0.29, 0.717) is 30.9 Å². The lowest BCUT2D eigenvalue weighted by molar-refractivity contribution is 0.170. The molecule has 2 rings (SSSR count). The van der Waals surface area contributed by atoms with Gasteiger partial charge in [-0.3, -0.25) is 0 Å². The Balaban J connectivity index is 2.17. The minimum atomic E-state index is 0.0144. The highest BCUT2D eigenvalue weighted by Crippen LogP contribution is 2.30. The van der Waals surface area contributed by atoms with Gasteiger partial charge in [0.05, 0.1) is 6.61 Å². The highest BCUT2D eigenvalue weighted by atomic mass is 16.3. The Hall–Kier alpha value is -1.93. The summed E-state index contributed by atoms with van der Waals surface area (Å²) in [7, 11) is 0. The molecular weight excluding hydrogens is 318 g/mol. The Morgan fingerprint density at radius 3 is 2.20 bits per heavy atom. The van der Waals surface area contributed by atoms with Crippen LogP contribution in [0.3, 0.4) is 0 Å². The lowest BCUT2D eigenvalue weighted by Crippen LogP contribution is -2.60. The Morgan fingerprint density at radius 2 is 1.64 bits per heavy atom. The van der Waals surface area contributed by atoms with Crippen molar-refractivity contribution in [2.45, 2.75) is 57.7 Å². The monoisotopic (exact) mass is 349 g/mol. The third-order valence-corrected chi connectivity index (χ3v) is 3.96. The summed E-state index contributed by atoms with van der Waals surface area (Å²) in [6.45, 7) is 13.5. The molecule has 0 amide bonds. The van der Waals surface area contributed by atoms with Crippen molar-refractivity contribution in [3.8, 4) is 0 Å². The summed E-state index contributed by atoms with van der Waals surface area (Å²) >= 11 is 0. The molecule has 0 radical (unpaired) electrons. The standard InChI is InChI=1S/C17H31N7O/c1-6-7-18-13-21-14(19-8-9-25)23-15(22-13)20-12-10-16(2,3)24-17(4,5)11-12/h6,12,24-25H,1,7-11H2,2-5H3,(H3,18,19,20,21,22,23). The number of aliphatic hydroxyl groups excluding tert-OH is 1. The Bertz CT molecular complexity index is 572. The first-order valence-corrected chi connectivity index (χ1v) is 8.74. The molecule has 0 aromatic carbocycles. The SMILES string of the molecule is C=CCNc1nc(NCCO)nc(NC2CC(C)(C)NC(C)(C)C2)n1. The van der Waals surface area contributed by atoms with Gasteiger partial charge in [0, 0.05) is 30.2 Å². The van der Waals surface area contributed by atoms with Crippen molar-refractivity contribution in [1.82, 2.24) is 20.3 Å². The van der Waals surface area contributed by atoms with Crippen LogP contribution in [-0.4, -0.2) is 56.9 Å². The second-order valence-electron chi connectivity index (χ2n) is 7.77. The van der Waals surface area contributed by atoms with Crippen LogP contribution in [0.15, 0.2) is 12.7 Å². The summed E-state index contributed by atoms with van der Waals surface area (Å²) in [6, 6.07) is 0.256. The average molecular weight is 349 g/mol. The molecule has 1 aromatic heterocycles. The third kappa shape index (κ3) is 6.13. The quantitative estimate of drug-likeness (QED) is 0.451. The van der Waals surface area contributed by atoms with E-state index in [9.17, 15) is 0 Å². The van der Waals surface area contributed by atoms with E-state index >= 15 is 0 Å². The lowest BCUT2D eigenvalue weighted by atomic mass is 9.80. The molecule has 0 atom stereocenters. The maximum Gasteiger partial charge on any atom is 0.229 e. The molecule has 8 heteroatoms. The van der Waals surface area contributed by atoms with E-state index in [1.807, 2.05) is 0 Å². The van der Waals surface area contributed by atoms with Gasteiger partial charge in [-0.1, -0.05) is 6.08 Å². The van der Waals surface area contributed by atoms with Gasteiger partial charge in [-0.25, -0.2) is 0 Å². The van der Waals surface area contributed by atoms with Crippen LogP contribution in [0, 0.1) is 0 Å². The van der Waals surface area contributed by atoms with Crippen LogP contribution >= 0.6 is 0 Å². The van der Waals surface area contributed by atoms with Crippen molar-refractivity contribution < 1.29 is 5.11 Å². The number of piperidine rings is 1. The average Bonchev–Trinajstić information content (AvgIpc) is 2.47. The summed E-state index contributed by atoms with van der Waals surface area (Å²) < 4.78 is 0. The van der Waals surface area contributed by atoms with E-state index in [0.717, 1.165) is 12.8 Å². The Labute approximate surface area is 149 Å². The molecule has 0 aliphatic carbocycles. The number of hydrogen-bond donors (Lipinski definition) is 5. The van der Waals surface area contributed by atoms with Gasteiger partial charge in [0.1, 0.15) is 0 Å². The molecule has 1 aliphatic heterocycles. The molecule has 1 aromatic rings. The van der Waals surface area contributed by atoms with Crippen LogP contribution in [0.5, 0.6) is 0 Å². The van der Waals surface area contributed by atoms with Crippen molar-refractivity contribution in [2.75, 3.05) is 35.6 Å². The minimum Gasteiger partial charge on any atom is -0.395 e. The van der Waals surface area contributed by atoms with Gasteiger partial charge in [0.25, 0.3) is 0 Å². The number of aromatic nitrogens is 3. The van der Waals surface area contributed by atoms with E-state index in [2.05, 4.69) is 70.5 Å². The molecule has 1 saturated heterocycles. The second-order valence-corrected chi connectivity index (χ2v) is 7.77. The fourth-order valence-electron chi connectivity index (χ4n) is 3.54. The van der Waals surface area contributed by atoms with Gasteiger partial charge in [-0.05, 0) is 40.5 Å². The molecule has 0 spiro atoms. The normalized spacial score (nSPS) is 19.2. The molecule has 25 heavy (non-hydrogen) atoms. The fraction of sp³-hybridized carbons (Fsp3) is 0.706. The van der Waals surface area contributed by atoms with E-state index < -0.39 is 0 Å². The zero-order valence-corrected chi connectivity index (χ0v) is 15.7. The number of aliphatic hydroxyl groups is 1. The van der Waals surface area contributed by atoms with Crippen LogP contribution in [0.2, 0.25) is 0 Å². The van der Waals surface area contributed by atoms with Crippen LogP contribution in [0.1, 0.15) is 40.5 Å². The number of nitrogens with zero attached hydrogens (tertiary/aromatic N) is 3. The first kappa shape index (κ1) is 19.4. The summed E-state index contributed by atoms with van der Waals surface area (Å²) in [6.07, 6.45) is 3.68. The van der Waals surface area contributed by atoms with Gasteiger partial charge in [-0.2, -0.15) is 15.0 Å². The van der Waals surface area contributed by atoms with Crippen LogP contribution < -0.4 is 21.3 Å². The van der Waals surface area contributed by atoms with Crippen LogP contribution in [0.25, 0.3) is 0 Å². The molecule has 0 saturated carbocycles. The van der Waals surface area contributed by atoms with E-state index in [4.69, 9.17) is 5.11 Å². The van der Waals surface area contributed by atoms with Gasteiger partial charge in [0.2, 0.25) is 17.8 Å². The fourth-order valence-corrected chi connectivity index (χ4v) is 3.54. The van der Waals surface area contributed by atoms with Crippen molar-refractivity contribution >= 4 is 17.8 Å². The van der Waals surface area contributed by atoms with Crippen molar-refractivity contribution in [3.05, 3.63) is 12.7 Å².